The standard InChI is InChI=1S/C18H17N3O2/c22-14-5-1-3-12(7-14)11-21-18(13-4-2-6-15(23)8-13)16-9-19-10-17(16)20-21/h1-8,19,22-23H,9-11H2. The summed E-state index contributed by atoms with van der Waals surface area (Å²) in [6.45, 7) is 2.11. The van der Waals surface area contributed by atoms with Crippen LogP contribution in [0.2, 0.25) is 0 Å². The number of hydrogen-bond acceptors (Lipinski definition) is 4. The first-order valence-electron chi connectivity index (χ1n) is 7.57. The third kappa shape index (κ3) is 2.55. The van der Waals surface area contributed by atoms with Crippen molar-refractivity contribution in [1.29, 1.82) is 0 Å². The van der Waals surface area contributed by atoms with Gasteiger partial charge in [-0.2, -0.15) is 5.10 Å². The van der Waals surface area contributed by atoms with Crippen LogP contribution in [0.4, 0.5) is 0 Å². The van der Waals surface area contributed by atoms with Crippen molar-refractivity contribution < 1.29 is 10.2 Å². The maximum absolute atomic E-state index is 9.80. The Bertz CT molecular complexity index is 870. The molecule has 0 bridgehead atoms. The Morgan fingerprint density at radius 3 is 2.57 bits per heavy atom. The van der Waals surface area contributed by atoms with Crippen molar-refractivity contribution in [2.75, 3.05) is 0 Å². The van der Waals surface area contributed by atoms with E-state index in [2.05, 4.69) is 5.32 Å². The van der Waals surface area contributed by atoms with Crippen LogP contribution in [0.25, 0.3) is 11.3 Å². The van der Waals surface area contributed by atoms with Crippen LogP contribution in [-0.4, -0.2) is 20.0 Å². The van der Waals surface area contributed by atoms with Crippen molar-refractivity contribution in [3.63, 3.8) is 0 Å². The van der Waals surface area contributed by atoms with E-state index in [-0.39, 0.29) is 11.5 Å². The molecule has 0 saturated heterocycles. The maximum Gasteiger partial charge on any atom is 0.116 e. The number of fused-ring (bicyclic) bond motifs is 1. The molecule has 0 fully saturated rings. The van der Waals surface area contributed by atoms with E-state index in [1.807, 2.05) is 28.9 Å². The first-order valence-corrected chi connectivity index (χ1v) is 7.57. The lowest BCUT2D eigenvalue weighted by Gasteiger charge is -2.11. The summed E-state index contributed by atoms with van der Waals surface area (Å²) in [5.74, 6) is 0.495. The Kier molecular flexibility index (Phi) is 3.28. The Morgan fingerprint density at radius 1 is 1.00 bits per heavy atom. The molecule has 23 heavy (non-hydrogen) atoms. The van der Waals surface area contributed by atoms with E-state index in [0.29, 0.717) is 6.54 Å². The maximum atomic E-state index is 9.80. The number of benzene rings is 2. The van der Waals surface area contributed by atoms with E-state index in [1.165, 1.54) is 5.56 Å². The Labute approximate surface area is 133 Å². The second-order valence-corrected chi connectivity index (χ2v) is 5.76. The van der Waals surface area contributed by atoms with Gasteiger partial charge in [-0.3, -0.25) is 4.68 Å². The first kappa shape index (κ1) is 13.8. The average Bonchev–Trinajstić information content (AvgIpc) is 3.07. The van der Waals surface area contributed by atoms with Crippen LogP contribution in [0.5, 0.6) is 11.5 Å². The van der Waals surface area contributed by atoms with Gasteiger partial charge in [0, 0.05) is 24.2 Å². The molecule has 0 atom stereocenters. The Hall–Kier alpha value is -2.79. The number of aromatic nitrogens is 2. The summed E-state index contributed by atoms with van der Waals surface area (Å²) >= 11 is 0. The van der Waals surface area contributed by atoms with Gasteiger partial charge >= 0.3 is 0 Å². The minimum absolute atomic E-state index is 0.243. The third-order valence-corrected chi connectivity index (χ3v) is 4.09. The molecule has 2 heterocycles. The van der Waals surface area contributed by atoms with E-state index >= 15 is 0 Å². The molecule has 0 aliphatic carbocycles. The molecule has 2 aromatic carbocycles. The fourth-order valence-electron chi connectivity index (χ4n) is 3.10. The van der Waals surface area contributed by atoms with Crippen LogP contribution in [0.15, 0.2) is 48.5 Å². The van der Waals surface area contributed by atoms with Gasteiger partial charge in [-0.15, -0.1) is 0 Å². The molecule has 0 amide bonds. The molecule has 0 unspecified atom stereocenters. The number of nitrogens with one attached hydrogen (secondary N) is 1. The largest absolute Gasteiger partial charge is 0.508 e. The van der Waals surface area contributed by atoms with Crippen molar-refractivity contribution in [3.8, 4) is 22.8 Å². The van der Waals surface area contributed by atoms with Gasteiger partial charge < -0.3 is 15.5 Å². The summed E-state index contributed by atoms with van der Waals surface area (Å²) in [5, 5.41) is 27.5. The lowest BCUT2D eigenvalue weighted by molar-refractivity contribution is 0.474. The second-order valence-electron chi connectivity index (χ2n) is 5.76. The smallest absolute Gasteiger partial charge is 0.116 e. The zero-order valence-corrected chi connectivity index (χ0v) is 12.5. The third-order valence-electron chi connectivity index (χ3n) is 4.09. The molecule has 5 heteroatoms. The molecule has 1 aliphatic heterocycles. The zero-order valence-electron chi connectivity index (χ0n) is 12.5. The van der Waals surface area contributed by atoms with Gasteiger partial charge in [-0.25, -0.2) is 0 Å². The van der Waals surface area contributed by atoms with Crippen LogP contribution >= 0.6 is 0 Å². The van der Waals surface area contributed by atoms with Gasteiger partial charge in [-0.1, -0.05) is 24.3 Å². The first-order chi connectivity index (χ1) is 11.2. The van der Waals surface area contributed by atoms with Crippen molar-refractivity contribution in [2.45, 2.75) is 19.6 Å². The molecule has 4 rings (SSSR count). The predicted molar refractivity (Wildman–Crippen MR) is 87.1 cm³/mol. The Morgan fingerprint density at radius 2 is 1.78 bits per heavy atom. The van der Waals surface area contributed by atoms with Gasteiger partial charge in [0.25, 0.3) is 0 Å². The van der Waals surface area contributed by atoms with Gasteiger partial charge in [0.05, 0.1) is 17.9 Å². The lowest BCUT2D eigenvalue weighted by Crippen LogP contribution is -2.09. The van der Waals surface area contributed by atoms with Crippen molar-refractivity contribution in [2.24, 2.45) is 0 Å². The van der Waals surface area contributed by atoms with Gasteiger partial charge in [-0.05, 0) is 29.8 Å². The predicted octanol–water partition coefficient (Wildman–Crippen LogP) is 2.61. The van der Waals surface area contributed by atoms with E-state index in [4.69, 9.17) is 5.10 Å². The molecule has 1 aromatic heterocycles. The van der Waals surface area contributed by atoms with Crippen molar-refractivity contribution in [3.05, 3.63) is 65.4 Å². The van der Waals surface area contributed by atoms with Crippen LogP contribution in [0.1, 0.15) is 16.8 Å². The summed E-state index contributed by atoms with van der Waals surface area (Å²) in [6.07, 6.45) is 0. The average molecular weight is 307 g/mol. The summed E-state index contributed by atoms with van der Waals surface area (Å²) < 4.78 is 1.95. The van der Waals surface area contributed by atoms with Crippen LogP contribution in [-0.2, 0) is 19.6 Å². The highest BCUT2D eigenvalue weighted by molar-refractivity contribution is 5.67. The second kappa shape index (κ2) is 5.44. The van der Waals surface area contributed by atoms with E-state index in [0.717, 1.165) is 35.6 Å². The van der Waals surface area contributed by atoms with Gasteiger partial charge in [0.1, 0.15) is 11.5 Å². The van der Waals surface area contributed by atoms with Gasteiger partial charge in [0.2, 0.25) is 0 Å². The van der Waals surface area contributed by atoms with Crippen LogP contribution < -0.4 is 5.32 Å². The molecule has 1 aliphatic rings. The fraction of sp³-hybridized carbons (Fsp3) is 0.167. The molecule has 116 valence electrons. The molecule has 0 radical (unpaired) electrons. The summed E-state index contributed by atoms with van der Waals surface area (Å²) in [4.78, 5) is 0. The summed E-state index contributed by atoms with van der Waals surface area (Å²) in [6, 6.07) is 14.4. The highest BCUT2D eigenvalue weighted by atomic mass is 16.3. The van der Waals surface area contributed by atoms with Crippen molar-refractivity contribution >= 4 is 0 Å². The fourth-order valence-corrected chi connectivity index (χ4v) is 3.10. The highest BCUT2D eigenvalue weighted by Gasteiger charge is 2.23. The van der Waals surface area contributed by atoms with E-state index in [9.17, 15) is 10.2 Å². The Balaban J connectivity index is 1.81. The van der Waals surface area contributed by atoms with Crippen LogP contribution in [0, 0.1) is 0 Å². The number of phenolic OH excluding ortho intramolecular Hbond substituents is 2. The van der Waals surface area contributed by atoms with Gasteiger partial charge in [0.15, 0.2) is 0 Å². The molecular formula is C18H17N3O2. The molecule has 3 N–H and O–H groups in total. The quantitative estimate of drug-likeness (QED) is 0.695. The molecule has 0 saturated carbocycles. The number of hydrogen-bond donors (Lipinski definition) is 3. The summed E-state index contributed by atoms with van der Waals surface area (Å²) in [5.41, 5.74) is 5.17. The van der Waals surface area contributed by atoms with E-state index in [1.54, 1.807) is 24.3 Å². The van der Waals surface area contributed by atoms with Crippen molar-refractivity contribution in [1.82, 2.24) is 15.1 Å². The minimum Gasteiger partial charge on any atom is -0.508 e. The number of aromatic hydroxyl groups is 2. The molecule has 0 spiro atoms. The molecule has 5 nitrogen and oxygen atoms in total. The number of nitrogens with zero attached hydrogens (tertiary/aromatic N) is 2. The monoisotopic (exact) mass is 307 g/mol. The molecular weight excluding hydrogens is 290 g/mol. The lowest BCUT2D eigenvalue weighted by atomic mass is 10.1. The highest BCUT2D eigenvalue weighted by Crippen LogP contribution is 2.31. The minimum atomic E-state index is 0.243. The number of phenols is 2. The molecule has 3 aromatic rings. The SMILES string of the molecule is Oc1cccc(Cn2nc3c(c2-c2cccc(O)c2)CNC3)c1. The van der Waals surface area contributed by atoms with E-state index < -0.39 is 0 Å². The topological polar surface area (TPSA) is 70.3 Å². The zero-order chi connectivity index (χ0) is 15.8. The van der Waals surface area contributed by atoms with Crippen LogP contribution in [0.3, 0.4) is 0 Å². The summed E-state index contributed by atoms with van der Waals surface area (Å²) in [7, 11) is 0. The number of rotatable bonds is 3. The normalized spacial score (nSPS) is 13.2.